The Morgan fingerprint density at radius 2 is 1.83 bits per heavy atom. The third-order valence-corrected chi connectivity index (χ3v) is 4.94. The van der Waals surface area contributed by atoms with E-state index in [2.05, 4.69) is 5.32 Å². The van der Waals surface area contributed by atoms with Crippen molar-refractivity contribution in [2.45, 2.75) is 62.6 Å². The fraction of sp³-hybridized carbons (Fsp3) is 0.650. The number of aliphatic hydroxyl groups excluding tert-OH is 4. The zero-order valence-electron chi connectivity index (χ0n) is 16.7. The molecule has 2 rings (SSSR count). The topological polar surface area (TPSA) is 154 Å². The molecule has 7 N–H and O–H groups in total. The van der Waals surface area contributed by atoms with Crippen molar-refractivity contribution < 1.29 is 39.1 Å². The van der Waals surface area contributed by atoms with Crippen LogP contribution in [0.4, 0.5) is 4.39 Å². The number of hydrogen-bond acceptors (Lipinski definition) is 8. The fourth-order valence-electron chi connectivity index (χ4n) is 3.15. The van der Waals surface area contributed by atoms with Crippen LogP contribution >= 0.6 is 0 Å². The number of carbonyl (C=O) groups excluding carboxylic acids is 1. The van der Waals surface area contributed by atoms with E-state index in [9.17, 15) is 29.6 Å². The SMILES string of the molecule is NCCCCCCNC(=O)C(F)c1ccccc1O[C@@H]1O[C@H](CO)[C@H](O)[C@@H](O)[C@@H]1O. The number of carbonyl (C=O) groups is 1. The second-order valence-electron chi connectivity index (χ2n) is 7.21. The minimum absolute atomic E-state index is 0.0626. The molecule has 0 saturated carbocycles. The molecule has 0 spiro atoms. The first-order chi connectivity index (χ1) is 14.4. The minimum atomic E-state index is -2.02. The number of ether oxygens (including phenoxy) is 2. The minimum Gasteiger partial charge on any atom is -0.462 e. The number of nitrogens with one attached hydrogen (secondary N) is 1. The molecule has 9 nitrogen and oxygen atoms in total. The molecule has 1 fully saturated rings. The molecule has 1 amide bonds. The van der Waals surface area contributed by atoms with Gasteiger partial charge in [-0.25, -0.2) is 4.39 Å². The number of hydrogen-bond donors (Lipinski definition) is 6. The zero-order valence-corrected chi connectivity index (χ0v) is 16.7. The van der Waals surface area contributed by atoms with E-state index in [0.717, 1.165) is 19.3 Å². The monoisotopic (exact) mass is 430 g/mol. The van der Waals surface area contributed by atoms with Gasteiger partial charge < -0.3 is 41.0 Å². The van der Waals surface area contributed by atoms with Crippen molar-refractivity contribution in [2.75, 3.05) is 19.7 Å². The lowest BCUT2D eigenvalue weighted by molar-refractivity contribution is -0.277. The summed E-state index contributed by atoms with van der Waals surface area (Å²) in [6.07, 6.45) is -6.02. The highest BCUT2D eigenvalue weighted by molar-refractivity contribution is 5.82. The van der Waals surface area contributed by atoms with Crippen LogP contribution in [0.15, 0.2) is 24.3 Å². The second-order valence-corrected chi connectivity index (χ2v) is 7.21. The Hall–Kier alpha value is -1.82. The van der Waals surface area contributed by atoms with E-state index in [1.165, 1.54) is 18.2 Å². The normalized spacial score (nSPS) is 27.5. The van der Waals surface area contributed by atoms with Crippen LogP contribution in [-0.2, 0) is 9.53 Å². The number of nitrogens with two attached hydrogens (primary N) is 1. The fourth-order valence-corrected chi connectivity index (χ4v) is 3.15. The van der Waals surface area contributed by atoms with E-state index in [-0.39, 0.29) is 11.3 Å². The lowest BCUT2D eigenvalue weighted by Gasteiger charge is -2.39. The Bertz CT molecular complexity index is 664. The molecule has 1 aliphatic rings. The molecule has 0 radical (unpaired) electrons. The number of alkyl halides is 1. The molecule has 1 aliphatic heterocycles. The second kappa shape index (κ2) is 12.1. The Morgan fingerprint density at radius 1 is 1.13 bits per heavy atom. The zero-order chi connectivity index (χ0) is 22.1. The van der Waals surface area contributed by atoms with Gasteiger partial charge in [0, 0.05) is 12.1 Å². The molecular weight excluding hydrogens is 399 g/mol. The number of aliphatic hydroxyl groups is 4. The lowest BCUT2D eigenvalue weighted by Crippen LogP contribution is -2.60. The smallest absolute Gasteiger partial charge is 0.259 e. The van der Waals surface area contributed by atoms with Gasteiger partial charge in [0.25, 0.3) is 5.91 Å². The number of rotatable bonds is 11. The van der Waals surface area contributed by atoms with Crippen LogP contribution in [-0.4, -0.2) is 76.7 Å². The molecule has 10 heteroatoms. The molecule has 1 unspecified atom stereocenters. The van der Waals surface area contributed by atoms with Crippen LogP contribution < -0.4 is 15.8 Å². The molecule has 30 heavy (non-hydrogen) atoms. The lowest BCUT2D eigenvalue weighted by atomic mass is 9.99. The Labute approximate surface area is 174 Å². The van der Waals surface area contributed by atoms with Gasteiger partial charge in [-0.3, -0.25) is 4.79 Å². The summed E-state index contributed by atoms with van der Waals surface area (Å²) in [5.41, 5.74) is 5.35. The average Bonchev–Trinajstić information content (AvgIpc) is 2.76. The summed E-state index contributed by atoms with van der Waals surface area (Å²) in [6.45, 7) is 0.329. The van der Waals surface area contributed by atoms with Gasteiger partial charge in [-0.2, -0.15) is 0 Å². The molecule has 0 aromatic heterocycles. The molecule has 1 saturated heterocycles. The Kier molecular flexibility index (Phi) is 9.89. The summed E-state index contributed by atoms with van der Waals surface area (Å²) in [4.78, 5) is 12.2. The van der Waals surface area contributed by atoms with Crippen molar-refractivity contribution in [3.05, 3.63) is 29.8 Å². The van der Waals surface area contributed by atoms with Crippen molar-refractivity contribution >= 4 is 5.91 Å². The Balaban J connectivity index is 2.00. The first-order valence-corrected chi connectivity index (χ1v) is 10.1. The standard InChI is InChI=1S/C20H31FN2O7/c21-15(19(28)23-10-6-2-1-5-9-22)12-7-3-4-8-13(12)29-20-18(27)17(26)16(25)14(11-24)30-20/h3-4,7-8,14-18,20,24-27H,1-2,5-6,9-11,22H2,(H,23,28)/t14-,15?,16+,17-,18+,20-/m1/s1. The van der Waals surface area contributed by atoms with Crippen molar-refractivity contribution in [3.63, 3.8) is 0 Å². The van der Waals surface area contributed by atoms with Crippen LogP contribution in [0.25, 0.3) is 0 Å². The molecule has 1 heterocycles. The van der Waals surface area contributed by atoms with Crippen LogP contribution in [0.5, 0.6) is 5.75 Å². The number of halogens is 1. The summed E-state index contributed by atoms with van der Waals surface area (Å²) in [5, 5.41) is 41.6. The van der Waals surface area contributed by atoms with Gasteiger partial charge in [-0.15, -0.1) is 0 Å². The van der Waals surface area contributed by atoms with E-state index in [1.807, 2.05) is 0 Å². The van der Waals surface area contributed by atoms with Gasteiger partial charge in [0.05, 0.1) is 6.61 Å². The average molecular weight is 430 g/mol. The number of benzene rings is 1. The van der Waals surface area contributed by atoms with Crippen molar-refractivity contribution in [1.29, 1.82) is 0 Å². The Morgan fingerprint density at radius 3 is 2.53 bits per heavy atom. The molecule has 0 bridgehead atoms. The summed E-state index contributed by atoms with van der Waals surface area (Å²) in [5.74, 6) is -0.883. The number of amides is 1. The highest BCUT2D eigenvalue weighted by Gasteiger charge is 2.45. The number of unbranched alkanes of at least 4 members (excludes halogenated alkanes) is 3. The molecule has 0 aliphatic carbocycles. The van der Waals surface area contributed by atoms with Crippen LogP contribution in [0.3, 0.4) is 0 Å². The first-order valence-electron chi connectivity index (χ1n) is 10.1. The van der Waals surface area contributed by atoms with E-state index < -0.39 is 49.4 Å². The number of para-hydroxylation sites is 1. The van der Waals surface area contributed by atoms with Crippen LogP contribution in [0.2, 0.25) is 0 Å². The predicted molar refractivity (Wildman–Crippen MR) is 105 cm³/mol. The van der Waals surface area contributed by atoms with Gasteiger partial charge in [-0.05, 0) is 25.5 Å². The van der Waals surface area contributed by atoms with E-state index in [4.69, 9.17) is 15.2 Å². The van der Waals surface area contributed by atoms with E-state index in [1.54, 1.807) is 6.07 Å². The maximum atomic E-state index is 14.8. The summed E-state index contributed by atoms with van der Waals surface area (Å²) in [6, 6.07) is 5.83. The summed E-state index contributed by atoms with van der Waals surface area (Å²) < 4.78 is 25.6. The quantitative estimate of drug-likeness (QED) is 0.257. The van der Waals surface area contributed by atoms with Gasteiger partial charge in [-0.1, -0.05) is 31.0 Å². The molecule has 1 aromatic rings. The van der Waals surface area contributed by atoms with Crippen molar-refractivity contribution in [3.8, 4) is 5.75 Å². The third-order valence-electron chi connectivity index (χ3n) is 4.94. The van der Waals surface area contributed by atoms with Gasteiger partial charge in [0.2, 0.25) is 12.5 Å². The molecule has 6 atom stereocenters. The van der Waals surface area contributed by atoms with E-state index in [0.29, 0.717) is 19.5 Å². The van der Waals surface area contributed by atoms with Gasteiger partial charge in [0.1, 0.15) is 30.2 Å². The van der Waals surface area contributed by atoms with E-state index >= 15 is 0 Å². The molecule has 1 aromatic carbocycles. The van der Waals surface area contributed by atoms with Gasteiger partial charge in [0.15, 0.2) is 0 Å². The maximum absolute atomic E-state index is 14.8. The van der Waals surface area contributed by atoms with Crippen molar-refractivity contribution in [2.24, 2.45) is 5.73 Å². The summed E-state index contributed by atoms with van der Waals surface area (Å²) >= 11 is 0. The molecular formula is C20H31FN2O7. The third kappa shape index (κ3) is 6.34. The van der Waals surface area contributed by atoms with Crippen LogP contribution in [0, 0.1) is 0 Å². The maximum Gasteiger partial charge on any atom is 0.259 e. The van der Waals surface area contributed by atoms with Crippen molar-refractivity contribution in [1.82, 2.24) is 5.32 Å². The van der Waals surface area contributed by atoms with Gasteiger partial charge >= 0.3 is 0 Å². The summed E-state index contributed by atoms with van der Waals surface area (Å²) in [7, 11) is 0. The molecule has 170 valence electrons. The largest absolute Gasteiger partial charge is 0.462 e. The predicted octanol–water partition coefficient (Wildman–Crippen LogP) is -0.489. The van der Waals surface area contributed by atoms with Crippen LogP contribution in [0.1, 0.15) is 37.4 Å². The highest BCUT2D eigenvalue weighted by atomic mass is 19.1. The highest BCUT2D eigenvalue weighted by Crippen LogP contribution is 2.31. The first kappa shape index (κ1) is 24.4.